The van der Waals surface area contributed by atoms with Crippen molar-refractivity contribution in [2.45, 2.75) is 37.8 Å². The number of sulfonamides is 1. The number of β-amino-alcohol motifs (C(OH)–C–C–N with tert-alkyl or cyclic N) is 1. The Labute approximate surface area is 141 Å². The van der Waals surface area contributed by atoms with Crippen LogP contribution in [0.2, 0.25) is 0 Å². The van der Waals surface area contributed by atoms with Gasteiger partial charge < -0.3 is 9.63 Å². The third-order valence-corrected chi connectivity index (χ3v) is 5.39. The van der Waals surface area contributed by atoms with Crippen LogP contribution in [0.25, 0.3) is 0 Å². The molecule has 0 unspecified atom stereocenters. The summed E-state index contributed by atoms with van der Waals surface area (Å²) in [4.78, 5) is 4.33. The Kier molecular flexibility index (Phi) is 4.98. The highest BCUT2D eigenvalue weighted by Crippen LogP contribution is 2.33. The number of rotatable bonds is 6. The molecule has 0 spiro atoms. The van der Waals surface area contributed by atoms with E-state index < -0.39 is 22.2 Å². The molecule has 2 atom stereocenters. The lowest BCUT2D eigenvalue weighted by molar-refractivity contribution is 0.188. The van der Waals surface area contributed by atoms with Crippen molar-refractivity contribution < 1.29 is 18.0 Å². The Bertz CT molecular complexity index is 776. The molecule has 1 N–H and O–H groups in total. The zero-order valence-electron chi connectivity index (χ0n) is 13.5. The first-order valence-electron chi connectivity index (χ1n) is 7.95. The number of nitrogens with zero attached hydrogens (tertiary/aromatic N) is 3. The number of hydrogen-bond acceptors (Lipinski definition) is 6. The van der Waals surface area contributed by atoms with E-state index in [1.165, 1.54) is 9.87 Å². The largest absolute Gasteiger partial charge is 0.392 e. The Morgan fingerprint density at radius 1 is 1.29 bits per heavy atom. The summed E-state index contributed by atoms with van der Waals surface area (Å²) in [6, 6.07) is 9.57. The number of aromatic nitrogens is 2. The molecule has 3 rings (SSSR count). The zero-order valence-corrected chi connectivity index (χ0v) is 14.3. The molecule has 0 amide bonds. The molecule has 1 saturated heterocycles. The van der Waals surface area contributed by atoms with E-state index in [1.807, 2.05) is 18.2 Å². The van der Waals surface area contributed by atoms with Crippen LogP contribution in [0.1, 0.15) is 36.2 Å². The highest BCUT2D eigenvalue weighted by Gasteiger charge is 2.40. The zero-order chi connectivity index (χ0) is 17.2. The number of hydrogen-bond donors (Lipinski definition) is 1. The van der Waals surface area contributed by atoms with Crippen molar-refractivity contribution in [3.8, 4) is 0 Å². The fourth-order valence-corrected chi connectivity index (χ4v) is 4.06. The molecule has 1 aromatic heterocycles. The van der Waals surface area contributed by atoms with Crippen molar-refractivity contribution in [1.82, 2.24) is 14.4 Å². The average molecular weight is 351 g/mol. The summed E-state index contributed by atoms with van der Waals surface area (Å²) < 4.78 is 30.1. The Morgan fingerprint density at radius 2 is 2.04 bits per heavy atom. The molecule has 0 saturated carbocycles. The first kappa shape index (κ1) is 17.1. The fourth-order valence-electron chi connectivity index (χ4n) is 2.97. The molecular weight excluding hydrogens is 330 g/mol. The average Bonchev–Trinajstić information content (AvgIpc) is 3.14. The summed E-state index contributed by atoms with van der Waals surface area (Å²) in [5.41, 5.74) is 1.25. The van der Waals surface area contributed by atoms with Crippen LogP contribution in [0.15, 0.2) is 34.9 Å². The van der Waals surface area contributed by atoms with Crippen molar-refractivity contribution in [2.24, 2.45) is 0 Å². The molecule has 0 bridgehead atoms. The molecule has 1 aromatic carbocycles. The van der Waals surface area contributed by atoms with Crippen molar-refractivity contribution in [3.63, 3.8) is 0 Å². The van der Waals surface area contributed by atoms with Crippen LogP contribution in [-0.4, -0.2) is 46.9 Å². The number of benzene rings is 1. The van der Waals surface area contributed by atoms with E-state index in [4.69, 9.17) is 4.52 Å². The van der Waals surface area contributed by atoms with Crippen LogP contribution >= 0.6 is 0 Å². The lowest BCUT2D eigenvalue weighted by Gasteiger charge is -2.17. The van der Waals surface area contributed by atoms with Crippen LogP contribution < -0.4 is 0 Å². The van der Waals surface area contributed by atoms with E-state index in [2.05, 4.69) is 22.3 Å². The molecule has 7 nitrogen and oxygen atoms in total. The molecule has 2 aromatic rings. The van der Waals surface area contributed by atoms with Gasteiger partial charge in [-0.15, -0.1) is 0 Å². The first-order chi connectivity index (χ1) is 11.4. The number of aliphatic hydroxyl groups excluding tert-OH is 1. The molecule has 0 aliphatic carbocycles. The van der Waals surface area contributed by atoms with Gasteiger partial charge in [0.05, 0.1) is 12.4 Å². The lowest BCUT2D eigenvalue weighted by Crippen LogP contribution is -2.30. The summed E-state index contributed by atoms with van der Waals surface area (Å²) >= 11 is 0. The highest BCUT2D eigenvalue weighted by molar-refractivity contribution is 7.88. The van der Waals surface area contributed by atoms with Gasteiger partial charge in [-0.25, -0.2) is 8.42 Å². The second-order valence-electron chi connectivity index (χ2n) is 6.13. The first-order valence-corrected chi connectivity index (χ1v) is 9.79. The molecule has 1 aliphatic heterocycles. The molecule has 1 aliphatic rings. The summed E-state index contributed by atoms with van der Waals surface area (Å²) in [5, 5.41) is 13.7. The van der Waals surface area contributed by atoms with Gasteiger partial charge >= 0.3 is 0 Å². The van der Waals surface area contributed by atoms with Gasteiger partial charge in [0, 0.05) is 19.4 Å². The fraction of sp³-hybridized carbons (Fsp3) is 0.500. The summed E-state index contributed by atoms with van der Waals surface area (Å²) in [5.74, 6) is 0.822. The van der Waals surface area contributed by atoms with Crippen LogP contribution in [0.3, 0.4) is 0 Å². The standard InChI is InChI=1S/C16H21N3O4S/c1-24(21,22)19-11-13(20)10-14(19)16-17-15(18-23-16)9-5-8-12-6-3-2-4-7-12/h2-4,6-7,13-14,20H,5,8-11H2,1H3/t13-,14+/m1/s1. The van der Waals surface area contributed by atoms with E-state index in [0.717, 1.165) is 19.1 Å². The van der Waals surface area contributed by atoms with E-state index in [-0.39, 0.29) is 18.9 Å². The maximum Gasteiger partial charge on any atom is 0.245 e. The van der Waals surface area contributed by atoms with Crippen LogP contribution in [-0.2, 0) is 22.9 Å². The van der Waals surface area contributed by atoms with Gasteiger partial charge in [-0.05, 0) is 18.4 Å². The van der Waals surface area contributed by atoms with Gasteiger partial charge in [0.15, 0.2) is 5.82 Å². The Morgan fingerprint density at radius 3 is 2.75 bits per heavy atom. The monoisotopic (exact) mass is 351 g/mol. The van der Waals surface area contributed by atoms with Gasteiger partial charge in [0.1, 0.15) is 6.04 Å². The van der Waals surface area contributed by atoms with E-state index in [9.17, 15) is 13.5 Å². The second-order valence-corrected chi connectivity index (χ2v) is 8.06. The van der Waals surface area contributed by atoms with E-state index >= 15 is 0 Å². The van der Waals surface area contributed by atoms with Crippen LogP contribution in [0.5, 0.6) is 0 Å². The minimum Gasteiger partial charge on any atom is -0.392 e. The molecule has 24 heavy (non-hydrogen) atoms. The van der Waals surface area contributed by atoms with Crippen molar-refractivity contribution >= 4 is 10.0 Å². The van der Waals surface area contributed by atoms with Crippen molar-refractivity contribution in [2.75, 3.05) is 12.8 Å². The third-order valence-electron chi connectivity index (χ3n) is 4.14. The predicted octanol–water partition coefficient (Wildman–Crippen LogP) is 1.31. The number of aryl methyl sites for hydroxylation is 2. The van der Waals surface area contributed by atoms with Gasteiger partial charge in [-0.2, -0.15) is 9.29 Å². The molecule has 8 heteroatoms. The Hall–Kier alpha value is -1.77. The molecule has 1 fully saturated rings. The molecule has 0 radical (unpaired) electrons. The third kappa shape index (κ3) is 4.00. The topological polar surface area (TPSA) is 96.5 Å². The van der Waals surface area contributed by atoms with Gasteiger partial charge in [0.25, 0.3) is 0 Å². The van der Waals surface area contributed by atoms with E-state index in [0.29, 0.717) is 12.2 Å². The summed E-state index contributed by atoms with van der Waals surface area (Å²) in [6.45, 7) is 0.0647. The predicted molar refractivity (Wildman–Crippen MR) is 87.7 cm³/mol. The molecular formula is C16H21N3O4S. The minimum atomic E-state index is -3.43. The lowest BCUT2D eigenvalue weighted by atomic mass is 10.1. The van der Waals surface area contributed by atoms with Gasteiger partial charge in [-0.3, -0.25) is 0 Å². The quantitative estimate of drug-likeness (QED) is 0.843. The van der Waals surface area contributed by atoms with Crippen LogP contribution in [0.4, 0.5) is 0 Å². The molecule has 130 valence electrons. The number of aliphatic hydroxyl groups is 1. The SMILES string of the molecule is CS(=O)(=O)N1C[C@H](O)C[C@H]1c1nc(CCCc2ccccc2)no1. The summed E-state index contributed by atoms with van der Waals surface area (Å²) in [6.07, 6.45) is 3.15. The highest BCUT2D eigenvalue weighted by atomic mass is 32.2. The van der Waals surface area contributed by atoms with Crippen molar-refractivity contribution in [1.29, 1.82) is 0 Å². The van der Waals surface area contributed by atoms with Crippen molar-refractivity contribution in [3.05, 3.63) is 47.6 Å². The smallest absolute Gasteiger partial charge is 0.245 e. The minimum absolute atomic E-state index is 0.0647. The van der Waals surface area contributed by atoms with Crippen LogP contribution in [0, 0.1) is 0 Å². The summed E-state index contributed by atoms with van der Waals surface area (Å²) in [7, 11) is -3.43. The van der Waals surface area contributed by atoms with Gasteiger partial charge in [0.2, 0.25) is 15.9 Å². The Balaban J connectivity index is 1.62. The maximum absolute atomic E-state index is 11.8. The van der Waals surface area contributed by atoms with E-state index in [1.54, 1.807) is 0 Å². The normalized spacial score (nSPS) is 22.1. The van der Waals surface area contributed by atoms with Gasteiger partial charge in [-0.1, -0.05) is 35.5 Å². The second kappa shape index (κ2) is 7.00. The molecule has 2 heterocycles. The maximum atomic E-state index is 11.8.